The Morgan fingerprint density at radius 2 is 1.61 bits per heavy atom. The lowest BCUT2D eigenvalue weighted by Gasteiger charge is -2.05. The normalized spacial score (nSPS) is 11.8. The van der Waals surface area contributed by atoms with Gasteiger partial charge in [0, 0.05) is 6.21 Å². The highest BCUT2D eigenvalue weighted by atomic mass is 19.4. The number of rotatable bonds is 6. The van der Waals surface area contributed by atoms with Crippen LogP contribution in [0.25, 0.3) is 0 Å². The Labute approximate surface area is 134 Å². The van der Waals surface area contributed by atoms with E-state index in [1.807, 2.05) is 30.3 Å². The fourth-order valence-corrected chi connectivity index (χ4v) is 2.11. The van der Waals surface area contributed by atoms with Gasteiger partial charge in [-0.3, -0.25) is 4.99 Å². The highest BCUT2D eigenvalue weighted by molar-refractivity contribution is 5.81. The number of benzene rings is 2. The van der Waals surface area contributed by atoms with Gasteiger partial charge in [-0.2, -0.15) is 13.2 Å². The lowest BCUT2D eigenvalue weighted by molar-refractivity contribution is -0.137. The van der Waals surface area contributed by atoms with Crippen LogP contribution in [0.3, 0.4) is 0 Å². The molecule has 0 unspecified atom stereocenters. The predicted octanol–water partition coefficient (Wildman–Crippen LogP) is 5.96. The third-order valence-corrected chi connectivity index (χ3v) is 3.41. The monoisotopic (exact) mass is 317 g/mol. The minimum Gasteiger partial charge on any atom is -0.256 e. The number of halogens is 3. The van der Waals surface area contributed by atoms with E-state index in [0.29, 0.717) is 5.69 Å². The standard InChI is InChI=1S/C19H18F3N/c1-2-3-4-5-15-6-8-16(9-7-15)14-23-18-12-10-17(11-13-18)19(20,21)22/h2,6-14H,1,3-5H2. The molecule has 0 fully saturated rings. The zero-order valence-electron chi connectivity index (χ0n) is 12.7. The number of hydrogen-bond donors (Lipinski definition) is 0. The van der Waals surface area contributed by atoms with Crippen LogP contribution >= 0.6 is 0 Å². The zero-order chi connectivity index (χ0) is 16.7. The maximum absolute atomic E-state index is 12.5. The molecule has 0 bridgehead atoms. The van der Waals surface area contributed by atoms with E-state index in [9.17, 15) is 13.2 Å². The minimum absolute atomic E-state index is 0.494. The van der Waals surface area contributed by atoms with Crippen LogP contribution in [0, 0.1) is 0 Å². The molecule has 0 spiro atoms. The minimum atomic E-state index is -4.32. The Morgan fingerprint density at radius 3 is 2.17 bits per heavy atom. The fourth-order valence-electron chi connectivity index (χ4n) is 2.11. The van der Waals surface area contributed by atoms with Crippen LogP contribution in [-0.4, -0.2) is 6.21 Å². The molecule has 0 heterocycles. The fraction of sp³-hybridized carbons (Fsp3) is 0.211. The summed E-state index contributed by atoms with van der Waals surface area (Å²) in [7, 11) is 0. The average Bonchev–Trinajstić information content (AvgIpc) is 2.54. The average molecular weight is 317 g/mol. The van der Waals surface area contributed by atoms with Crippen LogP contribution < -0.4 is 0 Å². The lowest BCUT2D eigenvalue weighted by Crippen LogP contribution is -2.03. The first kappa shape index (κ1) is 17.0. The predicted molar refractivity (Wildman–Crippen MR) is 88.3 cm³/mol. The molecule has 0 amide bonds. The first-order valence-electron chi connectivity index (χ1n) is 7.40. The van der Waals surface area contributed by atoms with Gasteiger partial charge in [-0.1, -0.05) is 30.3 Å². The molecule has 4 heteroatoms. The SMILES string of the molecule is C=CCCCc1ccc(C=Nc2ccc(C(F)(F)F)cc2)cc1. The van der Waals surface area contributed by atoms with Crippen molar-refractivity contribution in [1.29, 1.82) is 0 Å². The van der Waals surface area contributed by atoms with Crippen molar-refractivity contribution in [2.24, 2.45) is 4.99 Å². The van der Waals surface area contributed by atoms with Crippen LogP contribution in [0.4, 0.5) is 18.9 Å². The van der Waals surface area contributed by atoms with Gasteiger partial charge in [-0.25, -0.2) is 0 Å². The summed E-state index contributed by atoms with van der Waals surface area (Å²) >= 11 is 0. The van der Waals surface area contributed by atoms with Crippen LogP contribution in [0.1, 0.15) is 29.5 Å². The molecule has 2 rings (SSSR count). The summed E-state index contributed by atoms with van der Waals surface area (Å²) in [6.45, 7) is 3.70. The summed E-state index contributed by atoms with van der Waals surface area (Å²) < 4.78 is 37.4. The molecular weight excluding hydrogens is 299 g/mol. The molecule has 0 aliphatic carbocycles. The Balaban J connectivity index is 1.98. The van der Waals surface area contributed by atoms with Gasteiger partial charge in [-0.15, -0.1) is 6.58 Å². The van der Waals surface area contributed by atoms with E-state index in [-0.39, 0.29) is 0 Å². The maximum atomic E-state index is 12.5. The molecule has 0 atom stereocenters. The van der Waals surface area contributed by atoms with Gasteiger partial charge < -0.3 is 0 Å². The number of aliphatic imine (C=N–C) groups is 1. The van der Waals surface area contributed by atoms with Crippen LogP contribution in [-0.2, 0) is 12.6 Å². The third-order valence-electron chi connectivity index (χ3n) is 3.41. The molecule has 0 aliphatic heterocycles. The summed E-state index contributed by atoms with van der Waals surface area (Å²) in [6, 6.07) is 12.8. The second kappa shape index (κ2) is 7.77. The largest absolute Gasteiger partial charge is 0.416 e. The number of unbranched alkanes of at least 4 members (excludes halogenated alkanes) is 1. The van der Waals surface area contributed by atoms with Crippen molar-refractivity contribution in [3.63, 3.8) is 0 Å². The Morgan fingerprint density at radius 1 is 0.957 bits per heavy atom. The molecule has 0 saturated carbocycles. The summed E-state index contributed by atoms with van der Waals surface area (Å²) in [4.78, 5) is 4.20. The summed E-state index contributed by atoms with van der Waals surface area (Å²) in [6.07, 6.45) is 2.31. The molecule has 120 valence electrons. The lowest BCUT2D eigenvalue weighted by atomic mass is 10.1. The van der Waals surface area contributed by atoms with Gasteiger partial charge in [0.05, 0.1) is 11.3 Å². The van der Waals surface area contributed by atoms with Crippen LogP contribution in [0.2, 0.25) is 0 Å². The van der Waals surface area contributed by atoms with Crippen molar-refractivity contribution in [3.8, 4) is 0 Å². The van der Waals surface area contributed by atoms with E-state index in [1.54, 1.807) is 6.21 Å². The van der Waals surface area contributed by atoms with Crippen molar-refractivity contribution in [1.82, 2.24) is 0 Å². The molecule has 0 aliphatic rings. The van der Waals surface area contributed by atoms with Crippen molar-refractivity contribution in [2.75, 3.05) is 0 Å². The van der Waals surface area contributed by atoms with Gasteiger partial charge in [0.2, 0.25) is 0 Å². The zero-order valence-corrected chi connectivity index (χ0v) is 12.7. The van der Waals surface area contributed by atoms with E-state index in [1.165, 1.54) is 17.7 Å². The van der Waals surface area contributed by atoms with Crippen molar-refractivity contribution >= 4 is 11.9 Å². The Kier molecular flexibility index (Phi) is 5.74. The first-order chi connectivity index (χ1) is 11.0. The second-order valence-corrected chi connectivity index (χ2v) is 5.23. The third kappa shape index (κ3) is 5.40. The maximum Gasteiger partial charge on any atom is 0.416 e. The molecule has 0 N–H and O–H groups in total. The molecular formula is C19H18F3N. The summed E-state index contributed by atoms with van der Waals surface area (Å²) in [5.41, 5.74) is 1.99. The molecule has 0 saturated heterocycles. The summed E-state index contributed by atoms with van der Waals surface area (Å²) in [5, 5.41) is 0. The van der Waals surface area contributed by atoms with Crippen molar-refractivity contribution in [2.45, 2.75) is 25.4 Å². The molecule has 2 aromatic rings. The van der Waals surface area contributed by atoms with E-state index < -0.39 is 11.7 Å². The molecule has 0 radical (unpaired) electrons. The van der Waals surface area contributed by atoms with Crippen molar-refractivity contribution < 1.29 is 13.2 Å². The number of aryl methyl sites for hydroxylation is 1. The van der Waals surface area contributed by atoms with E-state index in [2.05, 4.69) is 11.6 Å². The quantitative estimate of drug-likeness (QED) is 0.354. The van der Waals surface area contributed by atoms with Crippen LogP contribution in [0.15, 0.2) is 66.2 Å². The Hall–Kier alpha value is -2.36. The van der Waals surface area contributed by atoms with Crippen LogP contribution in [0.5, 0.6) is 0 Å². The molecule has 23 heavy (non-hydrogen) atoms. The topological polar surface area (TPSA) is 12.4 Å². The number of hydrogen-bond acceptors (Lipinski definition) is 1. The smallest absolute Gasteiger partial charge is 0.256 e. The summed E-state index contributed by atoms with van der Waals surface area (Å²) in [5.74, 6) is 0. The highest BCUT2D eigenvalue weighted by Gasteiger charge is 2.29. The van der Waals surface area contributed by atoms with E-state index in [4.69, 9.17) is 0 Å². The van der Waals surface area contributed by atoms with Gasteiger partial charge >= 0.3 is 6.18 Å². The van der Waals surface area contributed by atoms with Gasteiger partial charge in [0.1, 0.15) is 0 Å². The highest BCUT2D eigenvalue weighted by Crippen LogP contribution is 2.30. The molecule has 1 nitrogen and oxygen atoms in total. The van der Waals surface area contributed by atoms with Gasteiger partial charge in [0.15, 0.2) is 0 Å². The molecule has 0 aromatic heterocycles. The van der Waals surface area contributed by atoms with Crippen molar-refractivity contribution in [3.05, 3.63) is 77.9 Å². The Bertz CT molecular complexity index is 653. The second-order valence-electron chi connectivity index (χ2n) is 5.23. The van der Waals surface area contributed by atoms with E-state index >= 15 is 0 Å². The molecule has 2 aromatic carbocycles. The number of allylic oxidation sites excluding steroid dienone is 1. The van der Waals surface area contributed by atoms with E-state index in [0.717, 1.165) is 37.0 Å². The van der Waals surface area contributed by atoms with Gasteiger partial charge in [0.25, 0.3) is 0 Å². The first-order valence-corrected chi connectivity index (χ1v) is 7.40. The number of nitrogens with zero attached hydrogens (tertiary/aromatic N) is 1. The van der Waals surface area contributed by atoms with Gasteiger partial charge in [-0.05, 0) is 54.7 Å². The number of alkyl halides is 3.